The van der Waals surface area contributed by atoms with Gasteiger partial charge in [0.2, 0.25) is 0 Å². The summed E-state index contributed by atoms with van der Waals surface area (Å²) in [5.74, 6) is 0.709. The van der Waals surface area contributed by atoms with Crippen molar-refractivity contribution < 1.29 is 0 Å². The molecule has 0 fully saturated rings. The van der Waals surface area contributed by atoms with Crippen LogP contribution in [0.4, 0.5) is 0 Å². The summed E-state index contributed by atoms with van der Waals surface area (Å²) in [5.41, 5.74) is 4.54. The minimum Gasteiger partial charge on any atom is -0.313 e. The van der Waals surface area contributed by atoms with E-state index in [4.69, 9.17) is 0 Å². The molecular formula is C18H23N. The molecule has 0 heterocycles. The van der Waals surface area contributed by atoms with Crippen molar-refractivity contribution in [2.45, 2.75) is 39.2 Å². The third-order valence-corrected chi connectivity index (χ3v) is 4.34. The molecule has 2 aromatic carbocycles. The van der Waals surface area contributed by atoms with Crippen LogP contribution in [0.5, 0.6) is 0 Å². The molecule has 0 saturated heterocycles. The third kappa shape index (κ3) is 2.17. The van der Waals surface area contributed by atoms with Crippen molar-refractivity contribution in [1.29, 1.82) is 0 Å². The van der Waals surface area contributed by atoms with Crippen molar-refractivity contribution in [2.75, 3.05) is 7.05 Å². The second-order valence-corrected chi connectivity index (χ2v) is 6.12. The maximum atomic E-state index is 3.50. The summed E-state index contributed by atoms with van der Waals surface area (Å²) in [6.45, 7) is 4.59. The fourth-order valence-corrected chi connectivity index (χ4v) is 3.44. The van der Waals surface area contributed by atoms with Crippen LogP contribution < -0.4 is 5.32 Å². The highest BCUT2D eigenvalue weighted by atomic mass is 14.9. The predicted octanol–water partition coefficient (Wildman–Crippen LogP) is 4.25. The molecule has 1 heteroatoms. The molecule has 0 saturated carbocycles. The molecule has 1 atom stereocenters. The van der Waals surface area contributed by atoms with Gasteiger partial charge >= 0.3 is 0 Å². The van der Waals surface area contributed by atoms with Gasteiger partial charge in [-0.25, -0.2) is 0 Å². The van der Waals surface area contributed by atoms with Crippen LogP contribution in [0, 0.1) is 5.92 Å². The van der Waals surface area contributed by atoms with E-state index >= 15 is 0 Å². The fraction of sp³-hybridized carbons (Fsp3) is 0.444. The summed E-state index contributed by atoms with van der Waals surface area (Å²) >= 11 is 0. The zero-order valence-electron chi connectivity index (χ0n) is 12.2. The van der Waals surface area contributed by atoms with Gasteiger partial charge < -0.3 is 5.32 Å². The number of benzene rings is 2. The molecule has 0 radical (unpaired) electrons. The second kappa shape index (κ2) is 4.97. The molecule has 0 aromatic heterocycles. The van der Waals surface area contributed by atoms with Crippen LogP contribution in [-0.4, -0.2) is 7.05 Å². The Bertz CT molecular complexity index is 588. The van der Waals surface area contributed by atoms with Crippen molar-refractivity contribution in [2.24, 2.45) is 5.92 Å². The minimum absolute atomic E-state index is 0.463. The van der Waals surface area contributed by atoms with Crippen LogP contribution in [0.3, 0.4) is 0 Å². The van der Waals surface area contributed by atoms with Crippen LogP contribution >= 0.6 is 0 Å². The third-order valence-electron chi connectivity index (χ3n) is 4.34. The zero-order valence-corrected chi connectivity index (χ0v) is 12.2. The van der Waals surface area contributed by atoms with Crippen LogP contribution in [0.15, 0.2) is 30.3 Å². The van der Waals surface area contributed by atoms with Crippen LogP contribution in [0.2, 0.25) is 0 Å². The maximum Gasteiger partial charge on any atom is 0.0326 e. The van der Waals surface area contributed by atoms with E-state index in [1.54, 1.807) is 0 Å². The highest BCUT2D eigenvalue weighted by Gasteiger charge is 2.19. The van der Waals surface area contributed by atoms with Crippen molar-refractivity contribution in [3.63, 3.8) is 0 Å². The van der Waals surface area contributed by atoms with Gasteiger partial charge in [0.05, 0.1) is 0 Å². The first kappa shape index (κ1) is 12.7. The lowest BCUT2D eigenvalue weighted by molar-refractivity contribution is 0.459. The summed E-state index contributed by atoms with van der Waals surface area (Å²) in [6.07, 6.45) is 3.62. The Kier molecular flexibility index (Phi) is 3.32. The van der Waals surface area contributed by atoms with Crippen molar-refractivity contribution in [3.05, 3.63) is 47.0 Å². The molecule has 2 aromatic rings. The standard InChI is InChI=1S/C18H23N/c1-12(2)11-17(19-3)15-10-9-14-8-7-13-5-4-6-16(15)18(13)14/h4-6,9-10,12,17,19H,7-8,11H2,1-3H3. The van der Waals surface area contributed by atoms with E-state index < -0.39 is 0 Å². The predicted molar refractivity (Wildman–Crippen MR) is 82.6 cm³/mol. The average Bonchev–Trinajstić information content (AvgIpc) is 2.82. The first-order valence-corrected chi connectivity index (χ1v) is 7.41. The number of hydrogen-bond donors (Lipinski definition) is 1. The SMILES string of the molecule is CNC(CC(C)C)c1ccc2c3c(cccc13)CC2. The second-order valence-electron chi connectivity index (χ2n) is 6.12. The van der Waals surface area contributed by atoms with E-state index in [1.165, 1.54) is 46.7 Å². The van der Waals surface area contributed by atoms with E-state index in [-0.39, 0.29) is 0 Å². The van der Waals surface area contributed by atoms with Gasteiger partial charge in [0.15, 0.2) is 0 Å². The Balaban J connectivity index is 2.14. The molecule has 100 valence electrons. The normalized spacial score (nSPS) is 15.4. The molecule has 1 aliphatic carbocycles. The van der Waals surface area contributed by atoms with Gasteiger partial charge in [-0.15, -0.1) is 0 Å². The lowest BCUT2D eigenvalue weighted by Gasteiger charge is -2.21. The first-order chi connectivity index (χ1) is 9.20. The molecule has 3 rings (SSSR count). The Labute approximate surface area is 116 Å². The molecular weight excluding hydrogens is 230 g/mol. The average molecular weight is 253 g/mol. The Hall–Kier alpha value is -1.34. The van der Waals surface area contributed by atoms with E-state index in [9.17, 15) is 0 Å². The van der Waals surface area contributed by atoms with Crippen LogP contribution in [0.25, 0.3) is 10.8 Å². The fourth-order valence-electron chi connectivity index (χ4n) is 3.44. The van der Waals surface area contributed by atoms with Gasteiger partial charge in [-0.3, -0.25) is 0 Å². The number of hydrogen-bond acceptors (Lipinski definition) is 1. The van der Waals surface area contributed by atoms with Crippen LogP contribution in [0.1, 0.15) is 43.0 Å². The quantitative estimate of drug-likeness (QED) is 0.859. The van der Waals surface area contributed by atoms with Gasteiger partial charge in [-0.1, -0.05) is 44.2 Å². The highest BCUT2D eigenvalue weighted by Crippen LogP contribution is 2.36. The molecule has 0 amide bonds. The molecule has 19 heavy (non-hydrogen) atoms. The summed E-state index contributed by atoms with van der Waals surface area (Å²) < 4.78 is 0. The van der Waals surface area contributed by atoms with Gasteiger partial charge in [0, 0.05) is 6.04 Å². The summed E-state index contributed by atoms with van der Waals surface area (Å²) in [4.78, 5) is 0. The van der Waals surface area contributed by atoms with E-state index in [2.05, 4.69) is 56.5 Å². The van der Waals surface area contributed by atoms with Crippen LogP contribution in [-0.2, 0) is 12.8 Å². The molecule has 1 unspecified atom stereocenters. The minimum atomic E-state index is 0.463. The summed E-state index contributed by atoms with van der Waals surface area (Å²) in [6, 6.07) is 12.0. The van der Waals surface area contributed by atoms with Gasteiger partial charge in [0.1, 0.15) is 0 Å². The number of rotatable bonds is 4. The van der Waals surface area contributed by atoms with E-state index in [0.717, 1.165) is 0 Å². The maximum absolute atomic E-state index is 3.50. The molecule has 1 N–H and O–H groups in total. The molecule has 0 bridgehead atoms. The number of nitrogens with one attached hydrogen (secondary N) is 1. The van der Waals surface area contributed by atoms with Crippen molar-refractivity contribution in [3.8, 4) is 0 Å². The highest BCUT2D eigenvalue weighted by molar-refractivity contribution is 5.93. The molecule has 1 nitrogen and oxygen atoms in total. The van der Waals surface area contributed by atoms with Gasteiger partial charge in [0.25, 0.3) is 0 Å². The molecule has 0 spiro atoms. The smallest absolute Gasteiger partial charge is 0.0326 e. The first-order valence-electron chi connectivity index (χ1n) is 7.41. The monoisotopic (exact) mass is 253 g/mol. The van der Waals surface area contributed by atoms with Crippen molar-refractivity contribution >= 4 is 10.8 Å². The summed E-state index contributed by atoms with van der Waals surface area (Å²) in [7, 11) is 2.08. The number of aryl methyl sites for hydroxylation is 2. The summed E-state index contributed by atoms with van der Waals surface area (Å²) in [5, 5.41) is 6.50. The lowest BCUT2D eigenvalue weighted by Crippen LogP contribution is -2.18. The molecule has 0 aliphatic heterocycles. The molecule has 1 aliphatic rings. The van der Waals surface area contributed by atoms with E-state index in [1.807, 2.05) is 0 Å². The lowest BCUT2D eigenvalue weighted by atomic mass is 9.91. The Morgan fingerprint density at radius 2 is 1.79 bits per heavy atom. The topological polar surface area (TPSA) is 12.0 Å². The Morgan fingerprint density at radius 1 is 1.05 bits per heavy atom. The van der Waals surface area contributed by atoms with Crippen molar-refractivity contribution in [1.82, 2.24) is 5.32 Å². The largest absolute Gasteiger partial charge is 0.313 e. The van der Waals surface area contributed by atoms with Gasteiger partial charge in [-0.2, -0.15) is 0 Å². The van der Waals surface area contributed by atoms with Gasteiger partial charge in [-0.05, 0) is 59.7 Å². The van der Waals surface area contributed by atoms with E-state index in [0.29, 0.717) is 12.0 Å². The zero-order chi connectivity index (χ0) is 13.4. The Morgan fingerprint density at radius 3 is 2.47 bits per heavy atom.